The summed E-state index contributed by atoms with van der Waals surface area (Å²) < 4.78 is 3.74. The molecule has 3 rings (SSSR count). The van der Waals surface area contributed by atoms with Crippen molar-refractivity contribution in [2.75, 3.05) is 7.05 Å². The van der Waals surface area contributed by atoms with Gasteiger partial charge in [-0.3, -0.25) is 14.2 Å². The van der Waals surface area contributed by atoms with Crippen LogP contribution in [0.15, 0.2) is 55.0 Å². The zero-order chi connectivity index (χ0) is 16.9. The maximum Gasteiger partial charge on any atom is 0.253 e. The number of aromatic nitrogens is 4. The van der Waals surface area contributed by atoms with Gasteiger partial charge >= 0.3 is 0 Å². The van der Waals surface area contributed by atoms with Gasteiger partial charge in [-0.05, 0) is 36.8 Å². The normalized spacial score (nSPS) is 10.8. The molecule has 2 heterocycles. The van der Waals surface area contributed by atoms with Crippen LogP contribution < -0.4 is 0 Å². The first-order valence-electron chi connectivity index (χ1n) is 8.00. The largest absolute Gasteiger partial charge is 0.336 e. The number of rotatable bonds is 6. The zero-order valence-corrected chi connectivity index (χ0v) is 14.0. The Kier molecular flexibility index (Phi) is 4.74. The minimum absolute atomic E-state index is 0.00108. The zero-order valence-electron chi connectivity index (χ0n) is 14.0. The third kappa shape index (κ3) is 3.53. The van der Waals surface area contributed by atoms with Crippen LogP contribution in [0.25, 0.3) is 0 Å². The quantitative estimate of drug-likeness (QED) is 0.700. The third-order valence-electron chi connectivity index (χ3n) is 3.93. The maximum atomic E-state index is 12.7. The van der Waals surface area contributed by atoms with Crippen LogP contribution in [0.1, 0.15) is 28.5 Å². The number of hydrogen-bond donors (Lipinski definition) is 0. The number of carbonyl (C=O) groups is 1. The van der Waals surface area contributed by atoms with Crippen LogP contribution >= 0.6 is 0 Å². The molecule has 0 fully saturated rings. The highest BCUT2D eigenvalue weighted by Crippen LogP contribution is 2.11. The molecule has 1 aromatic carbocycles. The van der Waals surface area contributed by atoms with Gasteiger partial charge in [0.1, 0.15) is 0 Å². The van der Waals surface area contributed by atoms with Crippen LogP contribution in [0, 0.1) is 0 Å². The molecule has 0 saturated carbocycles. The smallest absolute Gasteiger partial charge is 0.253 e. The fraction of sp³-hybridized carbons (Fsp3) is 0.278. The second-order valence-electron chi connectivity index (χ2n) is 5.70. The molecule has 24 heavy (non-hydrogen) atoms. The number of aryl methyl sites for hydroxylation is 1. The van der Waals surface area contributed by atoms with Crippen molar-refractivity contribution in [3.63, 3.8) is 0 Å². The Morgan fingerprint density at radius 2 is 2.04 bits per heavy atom. The summed E-state index contributed by atoms with van der Waals surface area (Å²) in [6.45, 7) is 4.03. The Bertz CT molecular complexity index is 806. The van der Waals surface area contributed by atoms with E-state index < -0.39 is 0 Å². The third-order valence-corrected chi connectivity index (χ3v) is 3.93. The van der Waals surface area contributed by atoms with Crippen LogP contribution in [-0.2, 0) is 19.6 Å². The molecule has 0 atom stereocenters. The van der Waals surface area contributed by atoms with Gasteiger partial charge in [0, 0.05) is 37.7 Å². The minimum Gasteiger partial charge on any atom is -0.336 e. The van der Waals surface area contributed by atoms with Gasteiger partial charge in [0.15, 0.2) is 0 Å². The van der Waals surface area contributed by atoms with Crippen LogP contribution in [-0.4, -0.2) is 37.4 Å². The topological polar surface area (TPSA) is 56.0 Å². The first-order chi connectivity index (χ1) is 11.7. The van der Waals surface area contributed by atoms with Crippen molar-refractivity contribution in [2.24, 2.45) is 0 Å². The maximum absolute atomic E-state index is 12.7. The summed E-state index contributed by atoms with van der Waals surface area (Å²) in [6.07, 6.45) is 5.42. The monoisotopic (exact) mass is 323 g/mol. The van der Waals surface area contributed by atoms with Gasteiger partial charge in [0.25, 0.3) is 5.91 Å². The predicted octanol–water partition coefficient (Wildman–Crippen LogP) is 2.42. The van der Waals surface area contributed by atoms with E-state index in [9.17, 15) is 4.79 Å². The first-order valence-corrected chi connectivity index (χ1v) is 8.00. The van der Waals surface area contributed by atoms with E-state index >= 15 is 0 Å². The van der Waals surface area contributed by atoms with E-state index in [1.54, 1.807) is 17.3 Å². The van der Waals surface area contributed by atoms with Gasteiger partial charge in [0.2, 0.25) is 0 Å². The highest BCUT2D eigenvalue weighted by molar-refractivity contribution is 5.94. The molecule has 3 aromatic rings. The standard InChI is InChI=1S/C18H21N5O/c1-3-23-17(8-10-20-23)14-21(2)18(24)16-7-4-6-15(12-16)13-22-11-5-9-19-22/h4-12H,3,13-14H2,1-2H3. The second kappa shape index (κ2) is 7.12. The van der Waals surface area contributed by atoms with Gasteiger partial charge in [-0.2, -0.15) is 10.2 Å². The summed E-state index contributed by atoms with van der Waals surface area (Å²) in [5.41, 5.74) is 2.77. The Hall–Kier alpha value is -2.89. The predicted molar refractivity (Wildman–Crippen MR) is 91.5 cm³/mol. The summed E-state index contributed by atoms with van der Waals surface area (Å²) in [4.78, 5) is 14.4. The summed E-state index contributed by atoms with van der Waals surface area (Å²) >= 11 is 0. The second-order valence-corrected chi connectivity index (χ2v) is 5.70. The van der Waals surface area contributed by atoms with Gasteiger partial charge in [-0.15, -0.1) is 0 Å². The van der Waals surface area contributed by atoms with Crippen molar-refractivity contribution in [2.45, 2.75) is 26.6 Å². The van der Waals surface area contributed by atoms with Gasteiger partial charge in [-0.25, -0.2) is 0 Å². The lowest BCUT2D eigenvalue weighted by molar-refractivity contribution is 0.0781. The average Bonchev–Trinajstić information content (AvgIpc) is 3.26. The van der Waals surface area contributed by atoms with Crippen LogP contribution in [0.5, 0.6) is 0 Å². The number of carbonyl (C=O) groups excluding carboxylic acids is 1. The Balaban J connectivity index is 1.72. The lowest BCUT2D eigenvalue weighted by Gasteiger charge is -2.18. The van der Waals surface area contributed by atoms with Crippen molar-refractivity contribution in [3.05, 3.63) is 71.8 Å². The molecule has 0 unspecified atom stereocenters. The van der Waals surface area contributed by atoms with E-state index in [1.165, 1.54) is 0 Å². The molecular weight excluding hydrogens is 302 g/mol. The van der Waals surface area contributed by atoms with E-state index in [4.69, 9.17) is 0 Å². The molecule has 6 heteroatoms. The molecular formula is C18H21N5O. The fourth-order valence-corrected chi connectivity index (χ4v) is 2.70. The summed E-state index contributed by atoms with van der Waals surface area (Å²) in [6, 6.07) is 11.5. The number of benzene rings is 1. The lowest BCUT2D eigenvalue weighted by Crippen LogP contribution is -2.27. The number of hydrogen-bond acceptors (Lipinski definition) is 3. The summed E-state index contributed by atoms with van der Waals surface area (Å²) in [5.74, 6) is 0.00108. The molecule has 0 bridgehead atoms. The lowest BCUT2D eigenvalue weighted by atomic mass is 10.1. The summed E-state index contributed by atoms with van der Waals surface area (Å²) in [5, 5.41) is 8.45. The molecule has 0 saturated heterocycles. The fourth-order valence-electron chi connectivity index (χ4n) is 2.70. The van der Waals surface area contributed by atoms with Crippen molar-refractivity contribution < 1.29 is 4.79 Å². The van der Waals surface area contributed by atoms with Gasteiger partial charge in [-0.1, -0.05) is 12.1 Å². The van der Waals surface area contributed by atoms with Crippen LogP contribution in [0.4, 0.5) is 0 Å². The highest BCUT2D eigenvalue weighted by atomic mass is 16.2. The van der Waals surface area contributed by atoms with Gasteiger partial charge < -0.3 is 4.90 Å². The Morgan fingerprint density at radius 3 is 2.79 bits per heavy atom. The molecule has 0 aliphatic carbocycles. The Morgan fingerprint density at radius 1 is 1.17 bits per heavy atom. The van der Waals surface area contributed by atoms with E-state index in [1.807, 2.05) is 65.9 Å². The van der Waals surface area contributed by atoms with Crippen molar-refractivity contribution in [1.29, 1.82) is 0 Å². The van der Waals surface area contributed by atoms with Crippen LogP contribution in [0.3, 0.4) is 0 Å². The Labute approximate surface area is 141 Å². The van der Waals surface area contributed by atoms with Crippen molar-refractivity contribution in [3.8, 4) is 0 Å². The van der Waals surface area contributed by atoms with E-state index in [2.05, 4.69) is 10.2 Å². The minimum atomic E-state index is 0.00108. The van der Waals surface area contributed by atoms with Crippen LogP contribution in [0.2, 0.25) is 0 Å². The van der Waals surface area contributed by atoms with Gasteiger partial charge in [0.05, 0.1) is 18.8 Å². The average molecular weight is 323 g/mol. The molecule has 6 nitrogen and oxygen atoms in total. The molecule has 2 aromatic heterocycles. The molecule has 124 valence electrons. The van der Waals surface area contributed by atoms with Crippen molar-refractivity contribution in [1.82, 2.24) is 24.5 Å². The number of amides is 1. The molecule has 0 aliphatic rings. The van der Waals surface area contributed by atoms with E-state index in [-0.39, 0.29) is 5.91 Å². The summed E-state index contributed by atoms with van der Waals surface area (Å²) in [7, 11) is 1.81. The van der Waals surface area contributed by atoms with Crippen molar-refractivity contribution >= 4 is 5.91 Å². The molecule has 0 spiro atoms. The first kappa shape index (κ1) is 16.0. The van der Waals surface area contributed by atoms with E-state index in [0.29, 0.717) is 18.7 Å². The SMILES string of the molecule is CCn1nccc1CN(C)C(=O)c1cccc(Cn2cccn2)c1. The molecule has 0 N–H and O–H groups in total. The molecule has 0 aliphatic heterocycles. The number of nitrogens with zero attached hydrogens (tertiary/aromatic N) is 5. The molecule has 0 radical (unpaired) electrons. The van der Waals surface area contributed by atoms with E-state index in [0.717, 1.165) is 17.8 Å². The molecule has 1 amide bonds. The highest BCUT2D eigenvalue weighted by Gasteiger charge is 2.14.